The summed E-state index contributed by atoms with van der Waals surface area (Å²) in [4.78, 5) is 14.6. The molecular weight excluding hydrogens is 319 g/mol. The topological polar surface area (TPSA) is 32.3 Å². The van der Waals surface area contributed by atoms with Gasteiger partial charge in [-0.3, -0.25) is 4.79 Å². The summed E-state index contributed by atoms with van der Waals surface area (Å²) >= 11 is 12.0. The lowest BCUT2D eigenvalue weighted by Gasteiger charge is -2.26. The van der Waals surface area contributed by atoms with E-state index >= 15 is 0 Å². The summed E-state index contributed by atoms with van der Waals surface area (Å²) in [6.07, 6.45) is 0.968. The Kier molecular flexibility index (Phi) is 4.27. The van der Waals surface area contributed by atoms with Crippen molar-refractivity contribution in [2.24, 2.45) is 0 Å². The Morgan fingerprint density at radius 3 is 2.77 bits per heavy atom. The molecule has 3 rings (SSSR count). The number of rotatable bonds is 3. The summed E-state index contributed by atoms with van der Waals surface area (Å²) in [7, 11) is 0. The van der Waals surface area contributed by atoms with E-state index in [0.717, 1.165) is 18.7 Å². The standard InChI is InChI=1S/C17H16Cl2N2O/c1-11(21-9-8-12-4-2-3-5-16(12)21)17(22)20-15-7-6-13(18)10-14(15)19/h2-7,10-11H,8-9H2,1H3,(H,20,22). The van der Waals surface area contributed by atoms with Crippen LogP contribution in [-0.4, -0.2) is 18.5 Å². The Labute approximate surface area is 139 Å². The van der Waals surface area contributed by atoms with E-state index in [0.29, 0.717) is 15.7 Å². The third kappa shape index (κ3) is 2.92. The molecule has 0 spiro atoms. The van der Waals surface area contributed by atoms with E-state index in [2.05, 4.69) is 22.3 Å². The van der Waals surface area contributed by atoms with Crippen LogP contribution in [0.5, 0.6) is 0 Å². The average Bonchev–Trinajstić information content (AvgIpc) is 2.93. The van der Waals surface area contributed by atoms with Gasteiger partial charge in [0.15, 0.2) is 0 Å². The number of hydrogen-bond donors (Lipinski definition) is 1. The van der Waals surface area contributed by atoms with E-state index in [-0.39, 0.29) is 11.9 Å². The van der Waals surface area contributed by atoms with Crippen molar-refractivity contribution < 1.29 is 4.79 Å². The number of para-hydroxylation sites is 1. The molecule has 0 bridgehead atoms. The van der Waals surface area contributed by atoms with E-state index in [1.807, 2.05) is 19.1 Å². The highest BCUT2D eigenvalue weighted by atomic mass is 35.5. The Hall–Kier alpha value is -1.71. The molecular formula is C17H16Cl2N2O. The zero-order valence-corrected chi connectivity index (χ0v) is 13.7. The molecule has 1 N–H and O–H groups in total. The smallest absolute Gasteiger partial charge is 0.246 e. The van der Waals surface area contributed by atoms with Crippen LogP contribution in [0.25, 0.3) is 0 Å². The van der Waals surface area contributed by atoms with Crippen LogP contribution >= 0.6 is 23.2 Å². The summed E-state index contributed by atoms with van der Waals surface area (Å²) in [5, 5.41) is 3.86. The summed E-state index contributed by atoms with van der Waals surface area (Å²) in [6.45, 7) is 2.75. The average molecular weight is 335 g/mol. The van der Waals surface area contributed by atoms with Gasteiger partial charge < -0.3 is 10.2 Å². The second kappa shape index (κ2) is 6.19. The highest BCUT2D eigenvalue weighted by Gasteiger charge is 2.27. The van der Waals surface area contributed by atoms with Gasteiger partial charge in [0.25, 0.3) is 0 Å². The Bertz CT molecular complexity index is 718. The molecule has 1 atom stereocenters. The fourth-order valence-corrected chi connectivity index (χ4v) is 3.19. The molecule has 1 amide bonds. The molecule has 22 heavy (non-hydrogen) atoms. The maximum atomic E-state index is 12.5. The van der Waals surface area contributed by atoms with Gasteiger partial charge >= 0.3 is 0 Å². The van der Waals surface area contributed by atoms with Gasteiger partial charge in [0.1, 0.15) is 6.04 Å². The molecule has 1 aliphatic heterocycles. The van der Waals surface area contributed by atoms with Gasteiger partial charge in [-0.1, -0.05) is 41.4 Å². The highest BCUT2D eigenvalue weighted by Crippen LogP contribution is 2.30. The van der Waals surface area contributed by atoms with E-state index in [4.69, 9.17) is 23.2 Å². The lowest BCUT2D eigenvalue weighted by molar-refractivity contribution is -0.117. The monoisotopic (exact) mass is 334 g/mol. The number of nitrogens with one attached hydrogen (secondary N) is 1. The molecule has 0 saturated heterocycles. The summed E-state index contributed by atoms with van der Waals surface area (Å²) in [6, 6.07) is 13.0. The van der Waals surface area contributed by atoms with Crippen LogP contribution in [0.3, 0.4) is 0 Å². The molecule has 0 saturated carbocycles. The lowest BCUT2D eigenvalue weighted by atomic mass is 10.1. The van der Waals surface area contributed by atoms with Gasteiger partial charge in [-0.25, -0.2) is 0 Å². The maximum absolute atomic E-state index is 12.5. The second-order valence-electron chi connectivity index (χ2n) is 5.36. The van der Waals surface area contributed by atoms with Crippen LogP contribution in [0.2, 0.25) is 10.0 Å². The number of carbonyl (C=O) groups is 1. The number of amides is 1. The van der Waals surface area contributed by atoms with Gasteiger partial charge in [-0.2, -0.15) is 0 Å². The van der Waals surface area contributed by atoms with E-state index in [1.165, 1.54) is 5.56 Å². The predicted octanol–water partition coefficient (Wildman–Crippen LogP) is 4.38. The minimum Gasteiger partial charge on any atom is -0.359 e. The molecule has 5 heteroatoms. The molecule has 0 fully saturated rings. The number of anilines is 2. The number of nitrogens with zero attached hydrogens (tertiary/aromatic N) is 1. The van der Waals surface area contributed by atoms with Crippen molar-refractivity contribution in [1.82, 2.24) is 0 Å². The molecule has 114 valence electrons. The zero-order valence-electron chi connectivity index (χ0n) is 12.1. The minimum atomic E-state index is -0.268. The van der Waals surface area contributed by atoms with Crippen LogP contribution in [0.1, 0.15) is 12.5 Å². The van der Waals surface area contributed by atoms with E-state index in [9.17, 15) is 4.79 Å². The first kappa shape index (κ1) is 15.2. The molecule has 1 unspecified atom stereocenters. The van der Waals surface area contributed by atoms with Crippen LogP contribution in [0.15, 0.2) is 42.5 Å². The van der Waals surface area contributed by atoms with Gasteiger partial charge in [0.2, 0.25) is 5.91 Å². The van der Waals surface area contributed by atoms with Crippen molar-refractivity contribution in [3.63, 3.8) is 0 Å². The number of hydrogen-bond acceptors (Lipinski definition) is 2. The maximum Gasteiger partial charge on any atom is 0.246 e. The second-order valence-corrected chi connectivity index (χ2v) is 6.21. The van der Waals surface area contributed by atoms with Crippen LogP contribution in [0, 0.1) is 0 Å². The number of halogens is 2. The van der Waals surface area contributed by atoms with E-state index in [1.54, 1.807) is 18.2 Å². The summed E-state index contributed by atoms with van der Waals surface area (Å²) in [5.74, 6) is -0.0825. The largest absolute Gasteiger partial charge is 0.359 e. The number of carbonyl (C=O) groups excluding carboxylic acids is 1. The van der Waals surface area contributed by atoms with Crippen LogP contribution in [0.4, 0.5) is 11.4 Å². The fraction of sp³-hybridized carbons (Fsp3) is 0.235. The molecule has 2 aromatic carbocycles. The molecule has 1 aliphatic rings. The van der Waals surface area contributed by atoms with Crippen molar-refractivity contribution in [3.8, 4) is 0 Å². The predicted molar refractivity (Wildman–Crippen MR) is 92.0 cm³/mol. The van der Waals surface area contributed by atoms with Gasteiger partial charge in [0, 0.05) is 17.3 Å². The van der Waals surface area contributed by atoms with Gasteiger partial charge in [-0.05, 0) is 43.2 Å². The minimum absolute atomic E-state index is 0.0825. The van der Waals surface area contributed by atoms with Crippen molar-refractivity contribution in [3.05, 3.63) is 58.1 Å². The molecule has 0 aliphatic carbocycles. The molecule has 0 radical (unpaired) electrons. The van der Waals surface area contributed by atoms with E-state index < -0.39 is 0 Å². The summed E-state index contributed by atoms with van der Waals surface area (Å²) in [5.41, 5.74) is 2.99. The molecule has 1 heterocycles. The Balaban J connectivity index is 1.76. The van der Waals surface area contributed by atoms with Crippen molar-refractivity contribution in [2.45, 2.75) is 19.4 Å². The van der Waals surface area contributed by atoms with Crippen LogP contribution < -0.4 is 10.2 Å². The lowest BCUT2D eigenvalue weighted by Crippen LogP contribution is -2.41. The normalized spacial score (nSPS) is 14.6. The van der Waals surface area contributed by atoms with Crippen molar-refractivity contribution >= 4 is 40.5 Å². The zero-order chi connectivity index (χ0) is 15.7. The van der Waals surface area contributed by atoms with Crippen molar-refractivity contribution in [1.29, 1.82) is 0 Å². The number of benzene rings is 2. The fourth-order valence-electron chi connectivity index (χ4n) is 2.74. The molecule has 2 aromatic rings. The highest BCUT2D eigenvalue weighted by molar-refractivity contribution is 6.36. The molecule has 0 aromatic heterocycles. The quantitative estimate of drug-likeness (QED) is 0.903. The number of fused-ring (bicyclic) bond motifs is 1. The third-order valence-electron chi connectivity index (χ3n) is 3.96. The third-order valence-corrected chi connectivity index (χ3v) is 4.51. The molecule has 3 nitrogen and oxygen atoms in total. The van der Waals surface area contributed by atoms with Crippen molar-refractivity contribution in [2.75, 3.05) is 16.8 Å². The first-order valence-electron chi connectivity index (χ1n) is 7.17. The van der Waals surface area contributed by atoms with Gasteiger partial charge in [-0.15, -0.1) is 0 Å². The Morgan fingerprint density at radius 1 is 1.23 bits per heavy atom. The summed E-state index contributed by atoms with van der Waals surface area (Å²) < 4.78 is 0. The first-order valence-corrected chi connectivity index (χ1v) is 7.92. The van der Waals surface area contributed by atoms with Crippen LogP contribution in [-0.2, 0) is 11.2 Å². The Morgan fingerprint density at radius 2 is 2.00 bits per heavy atom. The SMILES string of the molecule is CC(C(=O)Nc1ccc(Cl)cc1Cl)N1CCc2ccccc21. The van der Waals surface area contributed by atoms with Gasteiger partial charge in [0.05, 0.1) is 10.7 Å². The first-order chi connectivity index (χ1) is 10.6.